The SMILES string of the molecule is CCn1c(SCC(=O)Nc2cc(F)ccc2C)nnc1[C@H](C)NC(=O)c1ccc(C)cc1. The molecule has 0 aliphatic carbocycles. The number of thioether (sulfide) groups is 1. The maximum atomic E-state index is 13.4. The van der Waals surface area contributed by atoms with E-state index in [1.807, 2.05) is 37.5 Å². The first kappa shape index (κ1) is 23.5. The van der Waals surface area contributed by atoms with Gasteiger partial charge in [-0.15, -0.1) is 10.2 Å². The fourth-order valence-electron chi connectivity index (χ4n) is 3.12. The number of nitrogens with zero attached hydrogens (tertiary/aromatic N) is 3. The van der Waals surface area contributed by atoms with Gasteiger partial charge >= 0.3 is 0 Å². The second-order valence-electron chi connectivity index (χ2n) is 7.44. The van der Waals surface area contributed by atoms with Gasteiger partial charge in [-0.25, -0.2) is 4.39 Å². The first-order valence-electron chi connectivity index (χ1n) is 10.3. The molecule has 2 aromatic carbocycles. The number of hydrogen-bond acceptors (Lipinski definition) is 5. The normalized spacial score (nSPS) is 11.8. The first-order chi connectivity index (χ1) is 15.3. The molecule has 0 aliphatic rings. The summed E-state index contributed by atoms with van der Waals surface area (Å²) in [5.41, 5.74) is 2.88. The predicted octanol–water partition coefficient (Wildman–Crippen LogP) is 4.28. The highest BCUT2D eigenvalue weighted by molar-refractivity contribution is 7.99. The van der Waals surface area contributed by atoms with Crippen LogP contribution in [0.25, 0.3) is 0 Å². The van der Waals surface area contributed by atoms with Crippen LogP contribution in [-0.4, -0.2) is 32.3 Å². The molecule has 168 valence electrons. The number of nitrogens with one attached hydrogen (secondary N) is 2. The Balaban J connectivity index is 1.63. The smallest absolute Gasteiger partial charge is 0.251 e. The van der Waals surface area contributed by atoms with Gasteiger partial charge < -0.3 is 15.2 Å². The van der Waals surface area contributed by atoms with Gasteiger partial charge in [0.2, 0.25) is 5.91 Å². The maximum absolute atomic E-state index is 13.4. The van der Waals surface area contributed by atoms with E-state index in [1.165, 1.54) is 23.9 Å². The topological polar surface area (TPSA) is 88.9 Å². The van der Waals surface area contributed by atoms with Crippen molar-refractivity contribution in [3.63, 3.8) is 0 Å². The van der Waals surface area contributed by atoms with Crippen molar-refractivity contribution in [1.29, 1.82) is 0 Å². The van der Waals surface area contributed by atoms with Crippen molar-refractivity contribution < 1.29 is 14.0 Å². The molecule has 3 rings (SSSR count). The summed E-state index contributed by atoms with van der Waals surface area (Å²) in [6, 6.07) is 11.2. The van der Waals surface area contributed by atoms with E-state index < -0.39 is 5.82 Å². The van der Waals surface area contributed by atoms with Crippen molar-refractivity contribution >= 4 is 29.3 Å². The van der Waals surface area contributed by atoms with Gasteiger partial charge in [0.15, 0.2) is 11.0 Å². The minimum absolute atomic E-state index is 0.0954. The van der Waals surface area contributed by atoms with Crippen molar-refractivity contribution in [2.24, 2.45) is 0 Å². The second kappa shape index (κ2) is 10.4. The number of carbonyl (C=O) groups is 2. The molecule has 3 aromatic rings. The highest BCUT2D eigenvalue weighted by Crippen LogP contribution is 2.22. The molecule has 0 spiro atoms. The summed E-state index contributed by atoms with van der Waals surface area (Å²) in [5.74, 6) is -0.163. The minimum atomic E-state index is -0.407. The van der Waals surface area contributed by atoms with Gasteiger partial charge in [0.05, 0.1) is 11.8 Å². The Morgan fingerprint density at radius 3 is 2.53 bits per heavy atom. The van der Waals surface area contributed by atoms with Gasteiger partial charge in [-0.05, 0) is 57.5 Å². The van der Waals surface area contributed by atoms with Crippen LogP contribution in [0.3, 0.4) is 0 Å². The Hall–Kier alpha value is -3.20. The van der Waals surface area contributed by atoms with Gasteiger partial charge in [-0.3, -0.25) is 9.59 Å². The standard InChI is InChI=1S/C23H26FN5O2S/c1-5-29-21(16(4)25-22(31)17-9-6-14(2)7-10-17)27-28-23(29)32-13-20(30)26-19-12-18(24)11-8-15(19)3/h6-12,16H,5,13H2,1-4H3,(H,25,31)(H,26,30)/t16-/m0/s1. The Bertz CT molecular complexity index is 1110. The van der Waals surface area contributed by atoms with Gasteiger partial charge in [0.1, 0.15) is 5.82 Å². The van der Waals surface area contributed by atoms with Gasteiger partial charge in [0, 0.05) is 17.8 Å². The lowest BCUT2D eigenvalue weighted by Crippen LogP contribution is -2.28. The van der Waals surface area contributed by atoms with Crippen molar-refractivity contribution in [2.45, 2.75) is 45.4 Å². The van der Waals surface area contributed by atoms with Crippen LogP contribution in [0.2, 0.25) is 0 Å². The van der Waals surface area contributed by atoms with Gasteiger partial charge in [-0.1, -0.05) is 35.5 Å². The van der Waals surface area contributed by atoms with Crippen LogP contribution in [0.15, 0.2) is 47.6 Å². The van der Waals surface area contributed by atoms with E-state index in [1.54, 1.807) is 25.1 Å². The van der Waals surface area contributed by atoms with Crippen molar-refractivity contribution in [3.8, 4) is 0 Å². The van der Waals surface area contributed by atoms with Crippen LogP contribution in [0.1, 0.15) is 47.2 Å². The Kier molecular flexibility index (Phi) is 7.63. The molecule has 0 unspecified atom stereocenters. The molecule has 9 heteroatoms. The number of halogens is 1. The van der Waals surface area contributed by atoms with Crippen LogP contribution < -0.4 is 10.6 Å². The zero-order valence-corrected chi connectivity index (χ0v) is 19.3. The van der Waals surface area contributed by atoms with E-state index >= 15 is 0 Å². The number of rotatable bonds is 8. The van der Waals surface area contributed by atoms with Crippen LogP contribution in [0.4, 0.5) is 10.1 Å². The molecule has 0 aliphatic heterocycles. The average Bonchev–Trinajstić information content (AvgIpc) is 3.18. The van der Waals surface area contributed by atoms with E-state index in [9.17, 15) is 14.0 Å². The monoisotopic (exact) mass is 455 g/mol. The van der Waals surface area contributed by atoms with Gasteiger partial charge in [-0.2, -0.15) is 0 Å². The Labute approximate surface area is 190 Å². The molecule has 32 heavy (non-hydrogen) atoms. The fourth-order valence-corrected chi connectivity index (χ4v) is 3.93. The lowest BCUT2D eigenvalue weighted by molar-refractivity contribution is -0.113. The largest absolute Gasteiger partial charge is 0.342 e. The second-order valence-corrected chi connectivity index (χ2v) is 8.38. The summed E-state index contributed by atoms with van der Waals surface area (Å²) >= 11 is 1.23. The van der Waals surface area contributed by atoms with Crippen LogP contribution >= 0.6 is 11.8 Å². The number of aromatic nitrogens is 3. The summed E-state index contributed by atoms with van der Waals surface area (Å²) < 4.78 is 15.3. The van der Waals surface area contributed by atoms with Crippen LogP contribution in [-0.2, 0) is 11.3 Å². The third kappa shape index (κ3) is 5.73. The van der Waals surface area contributed by atoms with E-state index in [0.29, 0.717) is 28.8 Å². The maximum Gasteiger partial charge on any atom is 0.251 e. The summed E-state index contributed by atoms with van der Waals surface area (Å²) in [4.78, 5) is 24.9. The fraction of sp³-hybridized carbons (Fsp3) is 0.304. The number of carbonyl (C=O) groups excluding carboxylic acids is 2. The molecule has 1 heterocycles. The quantitative estimate of drug-likeness (QED) is 0.495. The molecule has 2 N–H and O–H groups in total. The number of anilines is 1. The molecule has 0 fully saturated rings. The van der Waals surface area contributed by atoms with Crippen LogP contribution in [0.5, 0.6) is 0 Å². The molecule has 1 atom stereocenters. The highest BCUT2D eigenvalue weighted by Gasteiger charge is 2.20. The molecule has 2 amide bonds. The first-order valence-corrected chi connectivity index (χ1v) is 11.3. The zero-order valence-electron chi connectivity index (χ0n) is 18.5. The lowest BCUT2D eigenvalue weighted by atomic mass is 10.1. The average molecular weight is 456 g/mol. The molecular formula is C23H26FN5O2S. The van der Waals surface area contributed by atoms with Crippen LogP contribution in [0, 0.1) is 19.7 Å². The van der Waals surface area contributed by atoms with Crippen molar-refractivity contribution in [3.05, 3.63) is 70.8 Å². The van der Waals surface area contributed by atoms with E-state index in [2.05, 4.69) is 20.8 Å². The Morgan fingerprint density at radius 1 is 1.12 bits per heavy atom. The summed E-state index contributed by atoms with van der Waals surface area (Å²) in [6.07, 6.45) is 0. The molecule has 0 bridgehead atoms. The number of amides is 2. The van der Waals surface area contributed by atoms with Crippen molar-refractivity contribution in [1.82, 2.24) is 20.1 Å². The van der Waals surface area contributed by atoms with E-state index in [4.69, 9.17) is 0 Å². The molecule has 0 saturated carbocycles. The summed E-state index contributed by atoms with van der Waals surface area (Å²) in [6.45, 7) is 8.14. The third-order valence-corrected chi connectivity index (χ3v) is 5.88. The number of benzene rings is 2. The molecule has 1 aromatic heterocycles. The number of aryl methyl sites for hydroxylation is 2. The molecule has 0 saturated heterocycles. The lowest BCUT2D eigenvalue weighted by Gasteiger charge is -2.15. The predicted molar refractivity (Wildman–Crippen MR) is 123 cm³/mol. The highest BCUT2D eigenvalue weighted by atomic mass is 32.2. The zero-order chi connectivity index (χ0) is 23.3. The van der Waals surface area contributed by atoms with Gasteiger partial charge in [0.25, 0.3) is 5.91 Å². The summed E-state index contributed by atoms with van der Waals surface area (Å²) in [7, 11) is 0. The van der Waals surface area contributed by atoms with E-state index in [0.717, 1.165) is 11.1 Å². The van der Waals surface area contributed by atoms with Crippen molar-refractivity contribution in [2.75, 3.05) is 11.1 Å². The minimum Gasteiger partial charge on any atom is -0.342 e. The number of hydrogen-bond donors (Lipinski definition) is 2. The third-order valence-electron chi connectivity index (χ3n) is 4.92. The van der Waals surface area contributed by atoms with E-state index in [-0.39, 0.29) is 23.6 Å². The molecule has 0 radical (unpaired) electrons. The molecule has 7 nitrogen and oxygen atoms in total. The summed E-state index contributed by atoms with van der Waals surface area (Å²) in [5, 5.41) is 14.7. The molecular weight excluding hydrogens is 429 g/mol. The Morgan fingerprint density at radius 2 is 1.84 bits per heavy atom.